The minimum atomic E-state index is -0.327. The van der Waals surface area contributed by atoms with E-state index in [1.54, 1.807) is 0 Å². The number of carbonyl (C=O) groups excluding carboxylic acids is 1. The van der Waals surface area contributed by atoms with Gasteiger partial charge < -0.3 is 20.1 Å². The summed E-state index contributed by atoms with van der Waals surface area (Å²) in [6.07, 6.45) is 5.31. The molecule has 4 rings (SSSR count). The molecular formula is C25H39N3O3. The Bertz CT molecular complexity index is 709. The number of piperidine rings is 1. The van der Waals surface area contributed by atoms with Gasteiger partial charge in [-0.3, -0.25) is 9.69 Å². The molecule has 1 saturated carbocycles. The molecule has 0 aromatic heterocycles. The average molecular weight is 430 g/mol. The molecule has 4 atom stereocenters. The molecule has 1 aliphatic carbocycles. The van der Waals surface area contributed by atoms with Crippen LogP contribution in [0.3, 0.4) is 0 Å². The maximum Gasteiger partial charge on any atom is 0.224 e. The number of nitrogens with one attached hydrogen (secondary N) is 1. The lowest BCUT2D eigenvalue weighted by Crippen LogP contribution is -2.48. The number of morpholine rings is 1. The van der Waals surface area contributed by atoms with Gasteiger partial charge >= 0.3 is 0 Å². The van der Waals surface area contributed by atoms with Crippen LogP contribution >= 0.6 is 0 Å². The summed E-state index contributed by atoms with van der Waals surface area (Å²) < 4.78 is 5.52. The topological polar surface area (TPSA) is 65.0 Å². The summed E-state index contributed by atoms with van der Waals surface area (Å²) in [4.78, 5) is 17.7. The van der Waals surface area contributed by atoms with E-state index in [4.69, 9.17) is 4.74 Å². The number of benzene rings is 1. The first-order valence-corrected chi connectivity index (χ1v) is 12.1. The Kier molecular flexibility index (Phi) is 7.64. The number of rotatable bonds is 5. The Morgan fingerprint density at radius 3 is 2.61 bits per heavy atom. The summed E-state index contributed by atoms with van der Waals surface area (Å²) in [5, 5.41) is 14.4. The van der Waals surface area contributed by atoms with Crippen LogP contribution in [0.2, 0.25) is 0 Å². The molecule has 1 unspecified atom stereocenters. The molecule has 0 spiro atoms. The molecule has 3 aliphatic rings. The van der Waals surface area contributed by atoms with Crippen molar-refractivity contribution in [1.82, 2.24) is 15.1 Å². The highest BCUT2D eigenvalue weighted by molar-refractivity contribution is 5.79. The molecule has 0 radical (unpaired) electrons. The van der Waals surface area contributed by atoms with Crippen LogP contribution < -0.4 is 5.32 Å². The quantitative estimate of drug-likeness (QED) is 0.701. The predicted molar refractivity (Wildman–Crippen MR) is 122 cm³/mol. The van der Waals surface area contributed by atoms with E-state index in [9.17, 15) is 9.90 Å². The van der Waals surface area contributed by atoms with Crippen LogP contribution in [-0.4, -0.2) is 85.9 Å². The highest BCUT2D eigenvalue weighted by atomic mass is 16.5. The first-order chi connectivity index (χ1) is 15.1. The molecule has 1 aromatic rings. The van der Waals surface area contributed by atoms with E-state index in [0.29, 0.717) is 6.54 Å². The Hall–Kier alpha value is -1.47. The van der Waals surface area contributed by atoms with Gasteiger partial charge in [0, 0.05) is 37.6 Å². The lowest BCUT2D eigenvalue weighted by molar-refractivity contribution is -0.126. The van der Waals surface area contributed by atoms with E-state index in [2.05, 4.69) is 52.5 Å². The van der Waals surface area contributed by atoms with Crippen LogP contribution in [0.5, 0.6) is 0 Å². The third-order valence-corrected chi connectivity index (χ3v) is 7.78. The third kappa shape index (κ3) is 5.48. The summed E-state index contributed by atoms with van der Waals surface area (Å²) in [7, 11) is 2.10. The van der Waals surface area contributed by atoms with E-state index in [-0.39, 0.29) is 29.4 Å². The minimum Gasteiger partial charge on any atom is -0.391 e. The lowest BCUT2D eigenvalue weighted by atomic mass is 9.74. The van der Waals surface area contributed by atoms with Crippen LogP contribution in [0.4, 0.5) is 0 Å². The number of ether oxygens (including phenoxy) is 1. The Balaban J connectivity index is 1.48. The lowest BCUT2D eigenvalue weighted by Gasteiger charge is -2.37. The van der Waals surface area contributed by atoms with Gasteiger partial charge in [0.25, 0.3) is 0 Å². The molecule has 6 heteroatoms. The number of carbonyl (C=O) groups is 1. The zero-order valence-electron chi connectivity index (χ0n) is 19.0. The summed E-state index contributed by atoms with van der Waals surface area (Å²) >= 11 is 0. The molecule has 2 saturated heterocycles. The van der Waals surface area contributed by atoms with Crippen LogP contribution in [0.25, 0.3) is 0 Å². The molecule has 3 fully saturated rings. The SMILES string of the molecule is CN1CCCC(C(=O)NC[C@]2(c3ccccc3)CC[C@H](O)[C@@H](N3CCOCC3)CC2)C1. The molecule has 0 bridgehead atoms. The normalized spacial score (nSPS) is 33.5. The Labute approximate surface area is 186 Å². The van der Waals surface area contributed by atoms with Crippen LogP contribution in [0.1, 0.15) is 44.1 Å². The molecule has 1 amide bonds. The number of nitrogens with zero attached hydrogens (tertiary/aromatic N) is 2. The number of amides is 1. The number of aliphatic hydroxyl groups is 1. The fourth-order valence-corrected chi connectivity index (χ4v) is 5.83. The van der Waals surface area contributed by atoms with Crippen molar-refractivity contribution in [2.45, 2.75) is 56.1 Å². The van der Waals surface area contributed by atoms with Crippen molar-refractivity contribution in [2.24, 2.45) is 5.92 Å². The molecule has 1 aromatic carbocycles. The van der Waals surface area contributed by atoms with Gasteiger partial charge in [-0.25, -0.2) is 0 Å². The number of aliphatic hydroxyl groups excluding tert-OH is 1. The van der Waals surface area contributed by atoms with Gasteiger partial charge in [0.15, 0.2) is 0 Å². The number of hydrogen-bond acceptors (Lipinski definition) is 5. The Morgan fingerprint density at radius 1 is 1.13 bits per heavy atom. The second-order valence-electron chi connectivity index (χ2n) is 9.83. The van der Waals surface area contributed by atoms with E-state index in [1.807, 2.05) is 0 Å². The minimum absolute atomic E-state index is 0.0871. The summed E-state index contributed by atoms with van der Waals surface area (Å²) in [6, 6.07) is 10.8. The molecule has 2 heterocycles. The summed E-state index contributed by atoms with van der Waals surface area (Å²) in [5.74, 6) is 0.278. The van der Waals surface area contributed by atoms with Gasteiger partial charge in [-0.1, -0.05) is 30.3 Å². The van der Waals surface area contributed by atoms with Gasteiger partial charge in [-0.2, -0.15) is 0 Å². The van der Waals surface area contributed by atoms with Gasteiger partial charge in [0.05, 0.1) is 25.2 Å². The highest BCUT2D eigenvalue weighted by Gasteiger charge is 2.40. The molecule has 31 heavy (non-hydrogen) atoms. The van der Waals surface area contributed by atoms with Crippen molar-refractivity contribution in [2.75, 3.05) is 53.0 Å². The standard InChI is InChI=1S/C25H39N3O3/c1-27-13-5-6-20(18-27)24(30)26-19-25(21-7-3-2-4-8-21)11-9-22(23(29)10-12-25)28-14-16-31-17-15-28/h2-4,7-8,20,22-23,29H,5-6,9-19H2,1H3,(H,26,30)/t20?,22-,23-,25+/m0/s1. The maximum absolute atomic E-state index is 13.0. The molecule has 6 nitrogen and oxygen atoms in total. The van der Waals surface area contributed by atoms with E-state index >= 15 is 0 Å². The second kappa shape index (κ2) is 10.4. The molecule has 172 valence electrons. The van der Waals surface area contributed by atoms with Crippen molar-refractivity contribution in [3.8, 4) is 0 Å². The molecule has 2 aliphatic heterocycles. The van der Waals surface area contributed by atoms with Gasteiger partial charge in [0.2, 0.25) is 5.91 Å². The van der Waals surface area contributed by atoms with Crippen molar-refractivity contribution in [1.29, 1.82) is 0 Å². The molecule has 2 N–H and O–H groups in total. The monoisotopic (exact) mass is 429 g/mol. The fraction of sp³-hybridized carbons (Fsp3) is 0.720. The Morgan fingerprint density at radius 2 is 1.87 bits per heavy atom. The van der Waals surface area contributed by atoms with E-state index in [0.717, 1.165) is 77.9 Å². The van der Waals surface area contributed by atoms with Crippen molar-refractivity contribution in [3.05, 3.63) is 35.9 Å². The zero-order valence-corrected chi connectivity index (χ0v) is 19.0. The van der Waals surface area contributed by atoms with Crippen LogP contribution in [0.15, 0.2) is 30.3 Å². The van der Waals surface area contributed by atoms with E-state index < -0.39 is 0 Å². The highest BCUT2D eigenvalue weighted by Crippen LogP contribution is 2.39. The van der Waals surface area contributed by atoms with Crippen molar-refractivity contribution < 1.29 is 14.6 Å². The van der Waals surface area contributed by atoms with Crippen LogP contribution in [-0.2, 0) is 14.9 Å². The van der Waals surface area contributed by atoms with Crippen molar-refractivity contribution in [3.63, 3.8) is 0 Å². The van der Waals surface area contributed by atoms with Gasteiger partial charge in [0.1, 0.15) is 0 Å². The van der Waals surface area contributed by atoms with Gasteiger partial charge in [-0.15, -0.1) is 0 Å². The van der Waals surface area contributed by atoms with Crippen molar-refractivity contribution >= 4 is 5.91 Å². The summed E-state index contributed by atoms with van der Waals surface area (Å²) in [6.45, 7) is 5.87. The smallest absolute Gasteiger partial charge is 0.224 e. The second-order valence-corrected chi connectivity index (χ2v) is 9.83. The molecular weight excluding hydrogens is 390 g/mol. The van der Waals surface area contributed by atoms with Crippen LogP contribution in [0, 0.1) is 5.92 Å². The maximum atomic E-state index is 13.0. The third-order valence-electron chi connectivity index (χ3n) is 7.78. The average Bonchev–Trinajstić information content (AvgIpc) is 2.98. The fourth-order valence-electron chi connectivity index (χ4n) is 5.83. The van der Waals surface area contributed by atoms with E-state index in [1.165, 1.54) is 5.56 Å². The first-order valence-electron chi connectivity index (χ1n) is 12.1. The summed E-state index contributed by atoms with van der Waals surface area (Å²) in [5.41, 5.74) is 1.16. The zero-order chi connectivity index (χ0) is 21.7. The number of hydrogen-bond donors (Lipinski definition) is 2. The number of likely N-dealkylation sites (tertiary alicyclic amines) is 1. The predicted octanol–water partition coefficient (Wildman–Crippen LogP) is 2.02. The largest absolute Gasteiger partial charge is 0.391 e. The van der Waals surface area contributed by atoms with Gasteiger partial charge in [-0.05, 0) is 57.7 Å². The first kappa shape index (κ1) is 22.7.